The number of unbranched alkanes of at least 4 members (excludes halogenated alkanes) is 2. The lowest BCUT2D eigenvalue weighted by molar-refractivity contribution is -0.117. The van der Waals surface area contributed by atoms with Crippen molar-refractivity contribution in [2.45, 2.75) is 45.6 Å². The van der Waals surface area contributed by atoms with Crippen LogP contribution in [0.5, 0.6) is 5.75 Å². The van der Waals surface area contributed by atoms with E-state index >= 15 is 0 Å². The fourth-order valence-corrected chi connectivity index (χ4v) is 2.64. The Bertz CT molecular complexity index is 632. The average molecular weight is 325 g/mol. The van der Waals surface area contributed by atoms with Gasteiger partial charge in [-0.05, 0) is 42.2 Å². The summed E-state index contributed by atoms with van der Waals surface area (Å²) in [6.45, 7) is 4.53. The SMILES string of the molecule is CCCCCOc1ccc(-c2ccc(C(N)CC(C)=O)cc2)cc1. The van der Waals surface area contributed by atoms with Crippen molar-refractivity contribution in [3.05, 3.63) is 54.1 Å². The van der Waals surface area contributed by atoms with Gasteiger partial charge in [0, 0.05) is 12.5 Å². The van der Waals surface area contributed by atoms with Crippen molar-refractivity contribution in [3.63, 3.8) is 0 Å². The Labute approximate surface area is 144 Å². The first-order valence-electron chi connectivity index (χ1n) is 8.68. The highest BCUT2D eigenvalue weighted by atomic mass is 16.5. The zero-order valence-electron chi connectivity index (χ0n) is 14.6. The molecule has 0 aliphatic rings. The van der Waals surface area contributed by atoms with Crippen LogP contribution in [0.4, 0.5) is 0 Å². The summed E-state index contributed by atoms with van der Waals surface area (Å²) in [5, 5.41) is 0. The van der Waals surface area contributed by atoms with E-state index in [-0.39, 0.29) is 11.8 Å². The van der Waals surface area contributed by atoms with Crippen LogP contribution in [0, 0.1) is 0 Å². The Morgan fingerprint density at radius 1 is 1.00 bits per heavy atom. The van der Waals surface area contributed by atoms with Crippen LogP contribution in [-0.2, 0) is 4.79 Å². The van der Waals surface area contributed by atoms with E-state index in [0.717, 1.165) is 35.5 Å². The maximum absolute atomic E-state index is 11.2. The Morgan fingerprint density at radius 2 is 1.58 bits per heavy atom. The fraction of sp³-hybridized carbons (Fsp3) is 0.381. The molecule has 1 atom stereocenters. The first kappa shape index (κ1) is 18.2. The van der Waals surface area contributed by atoms with E-state index in [2.05, 4.69) is 19.1 Å². The number of nitrogens with two attached hydrogens (primary N) is 1. The van der Waals surface area contributed by atoms with Crippen molar-refractivity contribution in [1.82, 2.24) is 0 Å². The summed E-state index contributed by atoms with van der Waals surface area (Å²) in [5.74, 6) is 1.02. The van der Waals surface area contributed by atoms with Crippen LogP contribution in [0.15, 0.2) is 48.5 Å². The van der Waals surface area contributed by atoms with Gasteiger partial charge >= 0.3 is 0 Å². The molecule has 3 nitrogen and oxygen atoms in total. The largest absolute Gasteiger partial charge is 0.494 e. The second-order valence-electron chi connectivity index (χ2n) is 6.21. The minimum atomic E-state index is -0.226. The van der Waals surface area contributed by atoms with E-state index in [9.17, 15) is 4.79 Å². The summed E-state index contributed by atoms with van der Waals surface area (Å²) < 4.78 is 5.74. The van der Waals surface area contributed by atoms with E-state index in [0.29, 0.717) is 6.42 Å². The molecular weight excluding hydrogens is 298 g/mol. The molecule has 0 spiro atoms. The van der Waals surface area contributed by atoms with Crippen molar-refractivity contribution in [2.24, 2.45) is 5.73 Å². The number of carbonyl (C=O) groups excluding carboxylic acids is 1. The van der Waals surface area contributed by atoms with Gasteiger partial charge in [0.25, 0.3) is 0 Å². The molecule has 2 N–H and O–H groups in total. The predicted octanol–water partition coefficient (Wildman–Crippen LogP) is 4.90. The average Bonchev–Trinajstić information content (AvgIpc) is 2.59. The van der Waals surface area contributed by atoms with E-state index in [1.54, 1.807) is 6.92 Å². The summed E-state index contributed by atoms with van der Waals surface area (Å²) in [7, 11) is 0. The predicted molar refractivity (Wildman–Crippen MR) is 99.1 cm³/mol. The monoisotopic (exact) mass is 325 g/mol. The molecular formula is C21H27NO2. The van der Waals surface area contributed by atoms with Gasteiger partial charge in [-0.25, -0.2) is 0 Å². The van der Waals surface area contributed by atoms with Crippen LogP contribution in [0.25, 0.3) is 11.1 Å². The summed E-state index contributed by atoms with van der Waals surface area (Å²) in [6, 6.07) is 16.0. The number of Topliss-reactive ketones (excluding diaryl/α,β-unsaturated/α-hetero) is 1. The summed E-state index contributed by atoms with van der Waals surface area (Å²) in [6.07, 6.45) is 3.88. The second-order valence-corrected chi connectivity index (χ2v) is 6.21. The number of benzene rings is 2. The molecule has 128 valence electrons. The molecule has 2 rings (SSSR count). The van der Waals surface area contributed by atoms with Crippen molar-refractivity contribution in [3.8, 4) is 16.9 Å². The van der Waals surface area contributed by atoms with Crippen LogP contribution in [0.2, 0.25) is 0 Å². The zero-order chi connectivity index (χ0) is 17.4. The van der Waals surface area contributed by atoms with E-state index in [1.165, 1.54) is 12.8 Å². The van der Waals surface area contributed by atoms with E-state index < -0.39 is 0 Å². The maximum atomic E-state index is 11.2. The standard InChI is InChI=1S/C21H27NO2/c1-3-4-5-14-24-20-12-10-18(11-13-20)17-6-8-19(9-7-17)21(22)15-16(2)23/h6-13,21H,3-5,14-15,22H2,1-2H3. The fourth-order valence-electron chi connectivity index (χ4n) is 2.64. The number of hydrogen-bond donors (Lipinski definition) is 1. The topological polar surface area (TPSA) is 52.3 Å². The Balaban J connectivity index is 1.97. The molecule has 0 fully saturated rings. The van der Waals surface area contributed by atoms with Crippen LogP contribution >= 0.6 is 0 Å². The summed E-state index contributed by atoms with van der Waals surface area (Å²) in [5.41, 5.74) is 9.30. The molecule has 0 saturated carbocycles. The highest BCUT2D eigenvalue weighted by molar-refractivity contribution is 5.76. The number of ketones is 1. The minimum absolute atomic E-state index is 0.112. The summed E-state index contributed by atoms with van der Waals surface area (Å²) in [4.78, 5) is 11.2. The van der Waals surface area contributed by atoms with Gasteiger partial charge in [0.2, 0.25) is 0 Å². The normalized spacial score (nSPS) is 12.0. The van der Waals surface area contributed by atoms with E-state index in [1.807, 2.05) is 36.4 Å². The number of hydrogen-bond acceptors (Lipinski definition) is 3. The number of carbonyl (C=O) groups is 1. The third-order valence-electron chi connectivity index (χ3n) is 4.05. The minimum Gasteiger partial charge on any atom is -0.494 e. The molecule has 1 unspecified atom stereocenters. The van der Waals surface area contributed by atoms with Crippen molar-refractivity contribution in [2.75, 3.05) is 6.61 Å². The molecule has 24 heavy (non-hydrogen) atoms. The van der Waals surface area contributed by atoms with Crippen LogP contribution in [-0.4, -0.2) is 12.4 Å². The third kappa shape index (κ3) is 5.50. The molecule has 3 heteroatoms. The van der Waals surface area contributed by atoms with Gasteiger partial charge in [-0.2, -0.15) is 0 Å². The molecule has 0 bridgehead atoms. The van der Waals surface area contributed by atoms with Crippen LogP contribution in [0.3, 0.4) is 0 Å². The Hall–Kier alpha value is -2.13. The smallest absolute Gasteiger partial charge is 0.131 e. The molecule has 0 radical (unpaired) electrons. The molecule has 0 aliphatic heterocycles. The van der Waals surface area contributed by atoms with E-state index in [4.69, 9.17) is 10.5 Å². The molecule has 2 aromatic rings. The van der Waals surface area contributed by atoms with Gasteiger partial charge in [-0.15, -0.1) is 0 Å². The first-order chi connectivity index (χ1) is 11.6. The van der Waals surface area contributed by atoms with Gasteiger partial charge in [0.1, 0.15) is 11.5 Å². The quantitative estimate of drug-likeness (QED) is 0.667. The highest BCUT2D eigenvalue weighted by Gasteiger charge is 2.08. The Morgan fingerprint density at radius 3 is 2.12 bits per heavy atom. The molecule has 0 saturated heterocycles. The van der Waals surface area contributed by atoms with Gasteiger partial charge < -0.3 is 10.5 Å². The van der Waals surface area contributed by atoms with Crippen molar-refractivity contribution >= 4 is 5.78 Å². The molecule has 0 heterocycles. The van der Waals surface area contributed by atoms with Crippen LogP contribution in [0.1, 0.15) is 51.1 Å². The molecule has 0 amide bonds. The lowest BCUT2D eigenvalue weighted by atomic mass is 9.99. The number of rotatable bonds is 9. The molecule has 0 aromatic heterocycles. The van der Waals surface area contributed by atoms with Gasteiger partial charge in [-0.3, -0.25) is 4.79 Å². The van der Waals surface area contributed by atoms with Crippen molar-refractivity contribution < 1.29 is 9.53 Å². The molecule has 0 aliphatic carbocycles. The summed E-state index contributed by atoms with van der Waals surface area (Å²) >= 11 is 0. The molecule has 2 aromatic carbocycles. The Kier molecular flexibility index (Phi) is 7.01. The maximum Gasteiger partial charge on any atom is 0.131 e. The first-order valence-corrected chi connectivity index (χ1v) is 8.68. The zero-order valence-corrected chi connectivity index (χ0v) is 14.6. The van der Waals surface area contributed by atoms with Crippen LogP contribution < -0.4 is 10.5 Å². The lowest BCUT2D eigenvalue weighted by Crippen LogP contribution is -2.13. The lowest BCUT2D eigenvalue weighted by Gasteiger charge is -2.11. The highest BCUT2D eigenvalue weighted by Crippen LogP contribution is 2.24. The number of ether oxygens (including phenoxy) is 1. The van der Waals surface area contributed by atoms with Gasteiger partial charge in [-0.1, -0.05) is 56.2 Å². The second kappa shape index (κ2) is 9.24. The van der Waals surface area contributed by atoms with Crippen molar-refractivity contribution in [1.29, 1.82) is 0 Å². The van der Waals surface area contributed by atoms with Gasteiger partial charge in [0.15, 0.2) is 0 Å². The van der Waals surface area contributed by atoms with Gasteiger partial charge in [0.05, 0.1) is 6.61 Å². The third-order valence-corrected chi connectivity index (χ3v) is 4.05.